The van der Waals surface area contributed by atoms with Gasteiger partial charge in [0.15, 0.2) is 12.6 Å². The van der Waals surface area contributed by atoms with Crippen LogP contribution >= 0.6 is 0 Å². The highest BCUT2D eigenvalue weighted by Gasteiger charge is 2.54. The lowest BCUT2D eigenvalue weighted by atomic mass is 9.94. The SMILES string of the molecule is COc1ccc(C2=C(c3ccccc3NS(=O)(=O)c3ccc(C)cc3)C[C@@H]3OC4(CCCC4)O[C@H]23)c(OCOCc2ccccc2)c1. The van der Waals surface area contributed by atoms with Gasteiger partial charge in [-0.15, -0.1) is 0 Å². The van der Waals surface area contributed by atoms with Crippen molar-refractivity contribution in [2.75, 3.05) is 18.6 Å². The first-order chi connectivity index (χ1) is 22.8. The number of para-hydroxylation sites is 1. The summed E-state index contributed by atoms with van der Waals surface area (Å²) < 4.78 is 61.3. The normalized spacial score (nSPS) is 20.0. The molecule has 2 aliphatic carbocycles. The highest BCUT2D eigenvalue weighted by molar-refractivity contribution is 7.92. The summed E-state index contributed by atoms with van der Waals surface area (Å²) in [4.78, 5) is 0.201. The van der Waals surface area contributed by atoms with Crippen LogP contribution in [0.3, 0.4) is 0 Å². The molecule has 0 unspecified atom stereocenters. The molecule has 0 bridgehead atoms. The third kappa shape index (κ3) is 6.53. The van der Waals surface area contributed by atoms with E-state index >= 15 is 0 Å². The standard InChI is InChI=1S/C38H39NO7S/c1-26-14-17-29(18-15-26)47(40,41)39-33-13-7-6-12-30(33)32-23-35-37(46-38(45-35)20-8-9-21-38)36(32)31-19-16-28(42-2)22-34(31)44-25-43-24-27-10-4-3-5-11-27/h3-7,10-19,22,35,37,39H,8-9,20-21,23-25H2,1-2H3/t35-,37-/m0/s1. The van der Waals surface area contributed by atoms with Crippen LogP contribution in [0.15, 0.2) is 102 Å². The van der Waals surface area contributed by atoms with Gasteiger partial charge in [-0.2, -0.15) is 0 Å². The minimum Gasteiger partial charge on any atom is -0.497 e. The maximum Gasteiger partial charge on any atom is 0.261 e. The van der Waals surface area contributed by atoms with Gasteiger partial charge in [0.1, 0.15) is 17.6 Å². The van der Waals surface area contributed by atoms with E-state index in [0.717, 1.165) is 59.1 Å². The Bertz CT molecular complexity index is 1870. The van der Waals surface area contributed by atoms with Crippen LogP contribution in [0.5, 0.6) is 11.5 Å². The van der Waals surface area contributed by atoms with Crippen molar-refractivity contribution in [3.05, 3.63) is 119 Å². The molecule has 8 nitrogen and oxygen atoms in total. The Morgan fingerprint density at radius 3 is 2.38 bits per heavy atom. The van der Waals surface area contributed by atoms with E-state index in [1.165, 1.54) is 0 Å². The average Bonchev–Trinajstić information content (AvgIpc) is 3.78. The van der Waals surface area contributed by atoms with Crippen molar-refractivity contribution >= 4 is 26.9 Å². The fraction of sp³-hybridized carbons (Fsp3) is 0.316. The van der Waals surface area contributed by atoms with Crippen LogP contribution in [0.25, 0.3) is 11.1 Å². The van der Waals surface area contributed by atoms with Crippen LogP contribution in [-0.4, -0.2) is 40.3 Å². The largest absolute Gasteiger partial charge is 0.497 e. The fourth-order valence-electron chi connectivity index (χ4n) is 6.84. The van der Waals surface area contributed by atoms with Crippen molar-refractivity contribution in [2.24, 2.45) is 0 Å². The number of nitrogens with one attached hydrogen (secondary N) is 1. The first-order valence-electron chi connectivity index (χ1n) is 16.0. The Kier molecular flexibility index (Phi) is 8.81. The van der Waals surface area contributed by atoms with Crippen LogP contribution in [-0.2, 0) is 30.8 Å². The van der Waals surface area contributed by atoms with Crippen molar-refractivity contribution in [1.82, 2.24) is 0 Å². The number of sulfonamides is 1. The van der Waals surface area contributed by atoms with Gasteiger partial charge < -0.3 is 23.7 Å². The van der Waals surface area contributed by atoms with Crippen LogP contribution in [0.2, 0.25) is 0 Å². The molecule has 1 N–H and O–H groups in total. The van der Waals surface area contributed by atoms with E-state index in [4.69, 9.17) is 23.7 Å². The quantitative estimate of drug-likeness (QED) is 0.131. The highest BCUT2D eigenvalue weighted by Crippen LogP contribution is 2.55. The maximum atomic E-state index is 13.5. The molecular formula is C38H39NO7S. The first-order valence-corrected chi connectivity index (χ1v) is 17.5. The minimum absolute atomic E-state index is 0.0278. The van der Waals surface area contributed by atoms with Gasteiger partial charge in [0.2, 0.25) is 0 Å². The molecular weight excluding hydrogens is 614 g/mol. The molecule has 3 aliphatic rings. The molecule has 47 heavy (non-hydrogen) atoms. The zero-order valence-corrected chi connectivity index (χ0v) is 27.4. The Morgan fingerprint density at radius 1 is 0.872 bits per heavy atom. The number of anilines is 1. The van der Waals surface area contributed by atoms with Crippen LogP contribution < -0.4 is 14.2 Å². The van der Waals surface area contributed by atoms with Gasteiger partial charge >= 0.3 is 0 Å². The maximum absolute atomic E-state index is 13.5. The third-order valence-corrected chi connectivity index (χ3v) is 10.5. The molecule has 244 valence electrons. The number of methoxy groups -OCH3 is 1. The summed E-state index contributed by atoms with van der Waals surface area (Å²) in [6.07, 6.45) is 3.81. The summed E-state index contributed by atoms with van der Waals surface area (Å²) >= 11 is 0. The van der Waals surface area contributed by atoms with Crippen molar-refractivity contribution in [3.8, 4) is 11.5 Å². The molecule has 1 heterocycles. The van der Waals surface area contributed by atoms with E-state index in [9.17, 15) is 8.42 Å². The predicted molar refractivity (Wildman–Crippen MR) is 181 cm³/mol. The van der Waals surface area contributed by atoms with Gasteiger partial charge in [0, 0.05) is 36.5 Å². The zero-order chi connectivity index (χ0) is 32.4. The lowest BCUT2D eigenvalue weighted by Crippen LogP contribution is -2.27. The molecule has 1 aliphatic heterocycles. The number of ether oxygens (including phenoxy) is 5. The molecule has 1 spiro atoms. The molecule has 2 fully saturated rings. The zero-order valence-electron chi connectivity index (χ0n) is 26.6. The second-order valence-electron chi connectivity index (χ2n) is 12.3. The lowest BCUT2D eigenvalue weighted by molar-refractivity contribution is -0.165. The second kappa shape index (κ2) is 13.2. The molecule has 9 heteroatoms. The van der Waals surface area contributed by atoms with Gasteiger partial charge in [-0.1, -0.05) is 66.2 Å². The molecule has 0 amide bonds. The summed E-state index contributed by atoms with van der Waals surface area (Å²) in [6.45, 7) is 2.36. The average molecular weight is 654 g/mol. The minimum atomic E-state index is -3.85. The Hall–Kier alpha value is -4.15. The Labute approximate surface area is 276 Å². The predicted octanol–water partition coefficient (Wildman–Crippen LogP) is 7.73. The van der Waals surface area contributed by atoms with Crippen LogP contribution in [0.4, 0.5) is 5.69 Å². The second-order valence-corrected chi connectivity index (χ2v) is 14.0. The molecule has 2 atom stereocenters. The third-order valence-electron chi connectivity index (χ3n) is 9.14. The van der Waals surface area contributed by atoms with Gasteiger partial charge in [0.25, 0.3) is 10.0 Å². The van der Waals surface area contributed by atoms with E-state index in [1.807, 2.05) is 73.7 Å². The number of fused-ring (bicyclic) bond motifs is 1. The summed E-state index contributed by atoms with van der Waals surface area (Å²) in [5, 5.41) is 0. The molecule has 7 rings (SSSR count). The smallest absolute Gasteiger partial charge is 0.261 e. The van der Waals surface area contributed by atoms with Crippen LogP contribution in [0.1, 0.15) is 54.4 Å². The van der Waals surface area contributed by atoms with Gasteiger partial charge in [0.05, 0.1) is 30.4 Å². The van der Waals surface area contributed by atoms with E-state index < -0.39 is 15.8 Å². The van der Waals surface area contributed by atoms with E-state index in [2.05, 4.69) is 4.72 Å². The summed E-state index contributed by atoms with van der Waals surface area (Å²) in [5.74, 6) is 0.634. The molecule has 0 radical (unpaired) electrons. The monoisotopic (exact) mass is 653 g/mol. The fourth-order valence-corrected chi connectivity index (χ4v) is 7.92. The Morgan fingerprint density at radius 2 is 1.62 bits per heavy atom. The topological polar surface area (TPSA) is 92.3 Å². The molecule has 4 aromatic rings. The van der Waals surface area contributed by atoms with Crippen molar-refractivity contribution in [2.45, 2.75) is 68.5 Å². The molecule has 4 aromatic carbocycles. The number of hydrogen-bond donors (Lipinski definition) is 1. The summed E-state index contributed by atoms with van der Waals surface area (Å²) in [5.41, 5.74) is 5.97. The van der Waals surface area contributed by atoms with Crippen molar-refractivity contribution < 1.29 is 32.1 Å². The van der Waals surface area contributed by atoms with E-state index in [-0.39, 0.29) is 23.9 Å². The number of benzene rings is 4. The molecule has 1 saturated carbocycles. The van der Waals surface area contributed by atoms with Gasteiger partial charge in [-0.05, 0) is 66.8 Å². The van der Waals surface area contributed by atoms with Crippen molar-refractivity contribution in [1.29, 1.82) is 0 Å². The highest BCUT2D eigenvalue weighted by atomic mass is 32.2. The number of aryl methyl sites for hydroxylation is 1. The number of rotatable bonds is 11. The first kappa shape index (κ1) is 31.4. The lowest BCUT2D eigenvalue weighted by Gasteiger charge is -2.25. The molecule has 1 saturated heterocycles. The van der Waals surface area contributed by atoms with Gasteiger partial charge in [-0.25, -0.2) is 8.42 Å². The summed E-state index contributed by atoms with van der Waals surface area (Å²) in [7, 11) is -2.23. The van der Waals surface area contributed by atoms with E-state index in [1.54, 1.807) is 37.4 Å². The van der Waals surface area contributed by atoms with Crippen LogP contribution in [0, 0.1) is 6.92 Å². The summed E-state index contributed by atoms with van der Waals surface area (Å²) in [6, 6.07) is 30.0. The number of hydrogen-bond acceptors (Lipinski definition) is 7. The van der Waals surface area contributed by atoms with E-state index in [0.29, 0.717) is 30.2 Å². The molecule has 0 aromatic heterocycles. The Balaban J connectivity index is 1.27. The van der Waals surface area contributed by atoms with Crippen molar-refractivity contribution in [3.63, 3.8) is 0 Å². The van der Waals surface area contributed by atoms with Gasteiger partial charge in [-0.3, -0.25) is 4.72 Å².